The second-order valence-corrected chi connectivity index (χ2v) is 24.3. The minimum atomic E-state index is -0.538. The Bertz CT molecular complexity index is 4240. The number of allylic oxidation sites excluding steroid dienone is 7. The molecule has 20 nitrogen and oxygen atoms in total. The van der Waals surface area contributed by atoms with Crippen molar-refractivity contribution in [2.24, 2.45) is 0 Å². The highest BCUT2D eigenvalue weighted by Crippen LogP contribution is 2.39. The monoisotopic (exact) mass is 1340 g/mol. The minimum absolute atomic E-state index is 0.0417. The zero-order valence-electron chi connectivity index (χ0n) is 56.6. The standard InChI is InChI=1S/C50H52N2O8.C30H26N6O4/c1-10-11-12-13-34(8)51(40-22-26-42(27-23-40)59-49(56)32(4)5)38-18-14-36(15-19-38)44-46(53)45(47(44)54)37-16-20-39(21-17-37)52(35(9)30-58-48(55)31(2)3)41-24-28-43(29-25-41)60-50(57)33(6)7;37-27-23-3-1-4-24(35-23)28(38)32-16-20-9-13-22(14-10-20)18-34-30(40)26-6-2-5-25(36-26)29(39)33-17-21-11-7-19(8-12-21)15-31-27/h14-29,34-35H,2,4,6,10-13,30H2,1,3,5,7-9H3;1-14H,15-18H2,(H,31,37)(H,32,38)(H,33,39)(H,34,40). The Morgan fingerprint density at radius 1 is 0.520 bits per heavy atom. The Kier molecular flexibility index (Phi) is 24.3. The van der Waals surface area contributed by atoms with Crippen molar-refractivity contribution in [3.8, 4) is 11.5 Å². The van der Waals surface area contributed by atoms with Crippen molar-refractivity contribution in [3.05, 3.63) is 286 Å². The third-order valence-electron chi connectivity index (χ3n) is 16.3. The van der Waals surface area contributed by atoms with E-state index in [1.54, 1.807) is 130 Å². The van der Waals surface area contributed by atoms with Gasteiger partial charge in [-0.2, -0.15) is 4.58 Å². The molecule has 510 valence electrons. The fraction of sp³-hybridized carbons (Fsp3) is 0.212. The Balaban J connectivity index is 0.000000252. The fourth-order valence-electron chi connectivity index (χ4n) is 10.8. The van der Waals surface area contributed by atoms with E-state index in [4.69, 9.17) is 14.2 Å². The summed E-state index contributed by atoms with van der Waals surface area (Å²) in [6.45, 7) is 23.0. The first-order valence-corrected chi connectivity index (χ1v) is 32.7. The number of hydrogen-bond acceptors (Lipinski definition) is 15. The lowest BCUT2D eigenvalue weighted by Crippen LogP contribution is -2.33. The van der Waals surface area contributed by atoms with E-state index >= 15 is 0 Å². The highest BCUT2D eigenvalue weighted by molar-refractivity contribution is 6.39. The molecule has 13 rings (SSSR count). The second kappa shape index (κ2) is 33.7. The molecule has 8 bridgehead atoms. The van der Waals surface area contributed by atoms with Crippen LogP contribution in [0.3, 0.4) is 0 Å². The van der Waals surface area contributed by atoms with Gasteiger partial charge in [0.25, 0.3) is 23.6 Å². The van der Waals surface area contributed by atoms with Crippen molar-refractivity contribution >= 4 is 75.7 Å². The molecule has 4 aliphatic heterocycles. The maximum atomic E-state index is 13.7. The third kappa shape index (κ3) is 18.7. The number of nitrogens with one attached hydrogen (secondary N) is 4. The van der Waals surface area contributed by atoms with Crippen molar-refractivity contribution < 1.29 is 62.2 Å². The lowest BCUT2D eigenvalue weighted by atomic mass is 9.80. The molecule has 2 aromatic heterocycles. The zero-order valence-corrected chi connectivity index (χ0v) is 56.6. The highest BCUT2D eigenvalue weighted by Gasteiger charge is 2.32. The van der Waals surface area contributed by atoms with E-state index in [-0.39, 0.29) is 101 Å². The topological polar surface area (TPSA) is 267 Å². The maximum Gasteiger partial charge on any atom is 0.338 e. The Hall–Kier alpha value is -12.2. The quantitative estimate of drug-likeness (QED) is 0.0217. The normalized spacial score (nSPS) is 14.4. The highest BCUT2D eigenvalue weighted by atomic mass is 16.5. The first kappa shape index (κ1) is 72.1. The molecule has 6 aliphatic rings. The van der Waals surface area contributed by atoms with Gasteiger partial charge in [0.1, 0.15) is 40.9 Å². The van der Waals surface area contributed by atoms with Crippen molar-refractivity contribution in [1.82, 2.24) is 31.2 Å². The van der Waals surface area contributed by atoms with Gasteiger partial charge >= 0.3 is 17.9 Å². The molecule has 20 heteroatoms. The second-order valence-electron chi connectivity index (χ2n) is 24.3. The molecule has 0 fully saturated rings. The number of Topliss-reactive ketones (excluding diaryl/α,β-unsaturated/α-hetero) is 1. The van der Waals surface area contributed by atoms with Crippen LogP contribution in [0.15, 0.2) is 235 Å². The molecular weight excluding hydrogens is 1260 g/mol. The minimum Gasteiger partial charge on any atom is -0.871 e. The number of esters is 3. The van der Waals surface area contributed by atoms with Gasteiger partial charge in [0.05, 0.1) is 6.04 Å². The maximum absolute atomic E-state index is 13.7. The molecule has 0 saturated heterocycles. The Labute approximate surface area is 580 Å². The van der Waals surface area contributed by atoms with Crippen LogP contribution in [0.5, 0.6) is 11.5 Å². The molecule has 0 radical (unpaired) electrons. The summed E-state index contributed by atoms with van der Waals surface area (Å²) < 4.78 is 18.5. The summed E-state index contributed by atoms with van der Waals surface area (Å²) in [6.07, 6.45) is 11.7. The molecule has 7 aromatic rings. The van der Waals surface area contributed by atoms with E-state index in [1.807, 2.05) is 84.6 Å². The van der Waals surface area contributed by atoms with Gasteiger partial charge in [-0.3, -0.25) is 24.0 Å². The number of aromatic nitrogens is 2. The van der Waals surface area contributed by atoms with Gasteiger partial charge in [0.2, 0.25) is 11.4 Å². The number of carbonyl (C=O) groups is 8. The zero-order chi connectivity index (χ0) is 71.6. The molecule has 100 heavy (non-hydrogen) atoms. The lowest BCUT2D eigenvalue weighted by Gasteiger charge is -2.33. The van der Waals surface area contributed by atoms with Gasteiger partial charge in [-0.15, -0.1) is 0 Å². The molecule has 2 atom stereocenters. The van der Waals surface area contributed by atoms with E-state index in [0.717, 1.165) is 59.3 Å². The number of nitrogens with zero attached hydrogens (tertiary/aromatic N) is 4. The summed E-state index contributed by atoms with van der Waals surface area (Å²) in [6, 6.07) is 45.2. The molecule has 2 unspecified atom stereocenters. The molecule has 4 amide bonds. The van der Waals surface area contributed by atoms with Crippen LogP contribution in [-0.2, 0) is 50.1 Å². The van der Waals surface area contributed by atoms with Crippen LogP contribution in [0.1, 0.15) is 137 Å². The molecule has 4 N–H and O–H groups in total. The summed E-state index contributed by atoms with van der Waals surface area (Å²) in [7, 11) is 0. The summed E-state index contributed by atoms with van der Waals surface area (Å²) in [4.78, 5) is 111. The van der Waals surface area contributed by atoms with Gasteiger partial charge in [-0.1, -0.05) is 118 Å². The van der Waals surface area contributed by atoms with Crippen molar-refractivity contribution in [3.63, 3.8) is 0 Å². The smallest absolute Gasteiger partial charge is 0.338 e. The van der Waals surface area contributed by atoms with Gasteiger partial charge in [0, 0.05) is 96.1 Å². The van der Waals surface area contributed by atoms with Gasteiger partial charge < -0.3 is 45.5 Å². The van der Waals surface area contributed by atoms with Crippen LogP contribution in [0.25, 0.3) is 5.57 Å². The van der Waals surface area contributed by atoms with Crippen molar-refractivity contribution in [2.75, 3.05) is 11.5 Å². The number of carbonyl (C=O) groups excluding carboxylic acids is 8. The summed E-state index contributed by atoms with van der Waals surface area (Å²) in [5.41, 5.74) is 9.32. The lowest BCUT2D eigenvalue weighted by molar-refractivity contribution is -0.480. The van der Waals surface area contributed by atoms with Crippen LogP contribution in [0.4, 0.5) is 17.1 Å². The number of unbranched alkanes of at least 4 members (excludes halogenated alkanes) is 2. The molecule has 0 spiro atoms. The van der Waals surface area contributed by atoms with Gasteiger partial charge in [0.15, 0.2) is 11.8 Å². The molecule has 5 aromatic carbocycles. The largest absolute Gasteiger partial charge is 0.871 e. The third-order valence-corrected chi connectivity index (χ3v) is 16.3. The first-order chi connectivity index (χ1) is 48.0. The molecule has 2 aliphatic carbocycles. The predicted octanol–water partition coefficient (Wildman–Crippen LogP) is 11.6. The van der Waals surface area contributed by atoms with Gasteiger partial charge in [-0.05, 0) is 159 Å². The van der Waals surface area contributed by atoms with E-state index in [9.17, 15) is 43.5 Å². The number of anilines is 2. The van der Waals surface area contributed by atoms with E-state index in [0.29, 0.717) is 39.6 Å². The predicted molar refractivity (Wildman–Crippen MR) is 379 cm³/mol. The SMILES string of the molecule is C=C(C)C(=O)OCC(C)N(c1ccc(OC(=O)C(=C)C)cc1)c1ccc(C2=C([O-])C(=C3C=CC(=[N+](c4ccc(OC(=O)C(=C)C)cc4)C(C)CCCCC)C=C3)C2=O)cc1.O=C1NCc2ccc(cc2)CNC(=O)c2cccc(n2)C(=O)NCc2ccc(cc2)CNC(=O)c2cccc1n2. The van der Waals surface area contributed by atoms with Crippen LogP contribution < -0.4 is 40.7 Å². The number of benzene rings is 5. The van der Waals surface area contributed by atoms with Crippen molar-refractivity contribution in [2.45, 2.75) is 105 Å². The van der Waals surface area contributed by atoms with Crippen LogP contribution in [-0.4, -0.2) is 86.3 Å². The van der Waals surface area contributed by atoms with E-state index < -0.39 is 41.5 Å². The van der Waals surface area contributed by atoms with Crippen LogP contribution >= 0.6 is 0 Å². The van der Waals surface area contributed by atoms with Crippen molar-refractivity contribution in [1.29, 1.82) is 0 Å². The fourth-order valence-corrected chi connectivity index (χ4v) is 10.8. The Morgan fingerprint density at radius 3 is 1.29 bits per heavy atom. The number of ketones is 1. The van der Waals surface area contributed by atoms with E-state index in [2.05, 4.69) is 69.4 Å². The number of pyridine rings is 2. The number of hydrogen-bond donors (Lipinski definition) is 4. The summed E-state index contributed by atoms with van der Waals surface area (Å²) in [5.74, 6) is -3.03. The molecule has 6 heterocycles. The summed E-state index contributed by atoms with van der Waals surface area (Å²) in [5, 5.41) is 24.9. The van der Waals surface area contributed by atoms with E-state index in [1.165, 1.54) is 0 Å². The van der Waals surface area contributed by atoms with Gasteiger partial charge in [-0.25, -0.2) is 24.4 Å². The average molecular weight is 1340 g/mol. The first-order valence-electron chi connectivity index (χ1n) is 32.7. The number of amides is 4. The number of rotatable bonds is 17. The molecular formula is C80H78N8O12. The van der Waals surface area contributed by atoms with Crippen LogP contribution in [0, 0.1) is 0 Å². The summed E-state index contributed by atoms with van der Waals surface area (Å²) >= 11 is 0. The Morgan fingerprint density at radius 2 is 0.910 bits per heavy atom. The van der Waals surface area contributed by atoms with Crippen LogP contribution in [0.2, 0.25) is 0 Å². The number of ether oxygens (including phenoxy) is 3. The molecule has 0 saturated carbocycles. The average Bonchev–Trinajstić information content (AvgIpc) is 0.744.